The summed E-state index contributed by atoms with van der Waals surface area (Å²) in [6, 6.07) is 14.5. The molecule has 0 saturated heterocycles. The van der Waals surface area contributed by atoms with Crippen LogP contribution in [0.2, 0.25) is 0 Å². The smallest absolute Gasteiger partial charge is 0.243 e. The molecule has 2 aromatic carbocycles. The molecule has 0 saturated carbocycles. The summed E-state index contributed by atoms with van der Waals surface area (Å²) < 4.78 is 5.37. The summed E-state index contributed by atoms with van der Waals surface area (Å²) in [6.45, 7) is 6.69. The van der Waals surface area contributed by atoms with Gasteiger partial charge < -0.3 is 20.7 Å². The van der Waals surface area contributed by atoms with E-state index in [2.05, 4.69) is 16.0 Å². The van der Waals surface area contributed by atoms with E-state index in [1.807, 2.05) is 57.2 Å². The summed E-state index contributed by atoms with van der Waals surface area (Å²) in [6.07, 6.45) is 0.492. The zero-order valence-corrected chi connectivity index (χ0v) is 16.0. The van der Waals surface area contributed by atoms with Crippen LogP contribution in [0.4, 0.5) is 17.1 Å². The van der Waals surface area contributed by atoms with Gasteiger partial charge in [0.1, 0.15) is 5.75 Å². The second-order valence-electron chi connectivity index (χ2n) is 6.58. The second-order valence-corrected chi connectivity index (χ2v) is 6.58. The molecule has 6 heteroatoms. The van der Waals surface area contributed by atoms with E-state index in [0.29, 0.717) is 24.6 Å². The Morgan fingerprint density at radius 1 is 0.852 bits per heavy atom. The second kappa shape index (κ2) is 10.2. The Morgan fingerprint density at radius 2 is 1.37 bits per heavy atom. The van der Waals surface area contributed by atoms with E-state index in [4.69, 9.17) is 4.74 Å². The first kappa shape index (κ1) is 20.3. The van der Waals surface area contributed by atoms with Gasteiger partial charge in [0.15, 0.2) is 0 Å². The van der Waals surface area contributed by atoms with E-state index in [0.717, 1.165) is 17.1 Å². The Labute approximate surface area is 160 Å². The molecule has 2 amide bonds. The Kier molecular flexibility index (Phi) is 7.67. The average molecular weight is 369 g/mol. The van der Waals surface area contributed by atoms with Gasteiger partial charge in [-0.25, -0.2) is 0 Å². The molecule has 2 rings (SSSR count). The van der Waals surface area contributed by atoms with Crippen LogP contribution in [-0.2, 0) is 9.59 Å². The molecule has 0 aliphatic heterocycles. The number of ether oxygens (including phenoxy) is 1. The minimum Gasteiger partial charge on any atom is -0.494 e. The van der Waals surface area contributed by atoms with E-state index >= 15 is 0 Å². The largest absolute Gasteiger partial charge is 0.494 e. The first-order chi connectivity index (χ1) is 13.0. The highest BCUT2D eigenvalue weighted by atomic mass is 16.5. The Bertz CT molecular complexity index is 740. The lowest BCUT2D eigenvalue weighted by molar-refractivity contribution is -0.117. The number of hydrogen-bond donors (Lipinski definition) is 3. The molecule has 3 N–H and O–H groups in total. The van der Waals surface area contributed by atoms with Crippen molar-refractivity contribution >= 4 is 28.9 Å². The van der Waals surface area contributed by atoms with Crippen molar-refractivity contribution in [3.63, 3.8) is 0 Å². The number of benzene rings is 2. The minimum absolute atomic E-state index is 0.000409. The molecule has 0 aromatic heterocycles. The summed E-state index contributed by atoms with van der Waals surface area (Å²) in [7, 11) is 0. The highest BCUT2D eigenvalue weighted by Crippen LogP contribution is 2.16. The fourth-order valence-corrected chi connectivity index (χ4v) is 2.44. The molecular weight excluding hydrogens is 342 g/mol. The summed E-state index contributed by atoms with van der Waals surface area (Å²) in [5.74, 6) is 0.947. The number of carbonyl (C=O) groups is 2. The fraction of sp³-hybridized carbons (Fsp3) is 0.333. The van der Waals surface area contributed by atoms with Gasteiger partial charge in [0, 0.05) is 23.5 Å². The van der Waals surface area contributed by atoms with Crippen molar-refractivity contribution in [2.75, 3.05) is 29.1 Å². The zero-order valence-electron chi connectivity index (χ0n) is 16.0. The van der Waals surface area contributed by atoms with E-state index < -0.39 is 0 Å². The van der Waals surface area contributed by atoms with E-state index in [9.17, 15) is 9.59 Å². The van der Waals surface area contributed by atoms with Crippen LogP contribution in [0, 0.1) is 5.92 Å². The van der Waals surface area contributed by atoms with Crippen molar-refractivity contribution in [1.29, 1.82) is 0 Å². The highest BCUT2D eigenvalue weighted by molar-refractivity contribution is 5.94. The third kappa shape index (κ3) is 7.40. The third-order valence-corrected chi connectivity index (χ3v) is 3.66. The topological polar surface area (TPSA) is 79.5 Å². The first-order valence-electron chi connectivity index (χ1n) is 9.12. The number of carbonyl (C=O) groups excluding carboxylic acids is 2. The lowest BCUT2D eigenvalue weighted by atomic mass is 10.1. The molecule has 6 nitrogen and oxygen atoms in total. The number of anilines is 3. The van der Waals surface area contributed by atoms with Crippen molar-refractivity contribution in [3.05, 3.63) is 48.5 Å². The molecule has 0 unspecified atom stereocenters. The summed E-state index contributed by atoms with van der Waals surface area (Å²) in [5.41, 5.74) is 2.26. The van der Waals surface area contributed by atoms with Crippen molar-refractivity contribution < 1.29 is 14.3 Å². The van der Waals surface area contributed by atoms with Gasteiger partial charge in [-0.1, -0.05) is 13.8 Å². The Morgan fingerprint density at radius 3 is 1.93 bits per heavy atom. The van der Waals surface area contributed by atoms with Crippen LogP contribution in [0.25, 0.3) is 0 Å². The van der Waals surface area contributed by atoms with E-state index in [1.54, 1.807) is 12.1 Å². The molecule has 144 valence electrons. The molecular formula is C21H27N3O3. The molecule has 0 heterocycles. The number of hydrogen-bond acceptors (Lipinski definition) is 4. The van der Waals surface area contributed by atoms with Crippen LogP contribution in [0.3, 0.4) is 0 Å². The minimum atomic E-state index is -0.145. The fourth-order valence-electron chi connectivity index (χ4n) is 2.44. The van der Waals surface area contributed by atoms with Crippen LogP contribution in [-0.4, -0.2) is 25.0 Å². The maximum absolute atomic E-state index is 12.0. The maximum Gasteiger partial charge on any atom is 0.243 e. The predicted molar refractivity (Wildman–Crippen MR) is 109 cm³/mol. The van der Waals surface area contributed by atoms with E-state index in [-0.39, 0.29) is 18.4 Å². The van der Waals surface area contributed by atoms with Gasteiger partial charge in [-0.05, 0) is 61.4 Å². The van der Waals surface area contributed by atoms with Gasteiger partial charge in [0.05, 0.1) is 13.2 Å². The molecule has 27 heavy (non-hydrogen) atoms. The summed E-state index contributed by atoms with van der Waals surface area (Å²) >= 11 is 0. The summed E-state index contributed by atoms with van der Waals surface area (Å²) in [4.78, 5) is 23.8. The van der Waals surface area contributed by atoms with Crippen molar-refractivity contribution in [3.8, 4) is 5.75 Å². The molecule has 0 atom stereocenters. The van der Waals surface area contributed by atoms with Crippen LogP contribution in [0.15, 0.2) is 48.5 Å². The molecule has 0 fully saturated rings. The van der Waals surface area contributed by atoms with Crippen LogP contribution >= 0.6 is 0 Å². The van der Waals surface area contributed by atoms with Crippen molar-refractivity contribution in [2.45, 2.75) is 27.2 Å². The van der Waals surface area contributed by atoms with Crippen LogP contribution in [0.5, 0.6) is 5.75 Å². The predicted octanol–water partition coefficient (Wildman–Crippen LogP) is 4.12. The molecule has 0 spiro atoms. The monoisotopic (exact) mass is 369 g/mol. The van der Waals surface area contributed by atoms with E-state index in [1.165, 1.54) is 0 Å². The standard InChI is InChI=1S/C21H27N3O3/c1-4-27-19-11-9-18(10-12-19)24-21(26)14-22-16-5-7-17(8-6-16)23-20(25)13-15(2)3/h5-12,15,22H,4,13-14H2,1-3H3,(H,23,25)(H,24,26). The van der Waals surface area contributed by atoms with Gasteiger partial charge in [0.2, 0.25) is 11.8 Å². The van der Waals surface area contributed by atoms with Crippen LogP contribution < -0.4 is 20.7 Å². The molecule has 0 radical (unpaired) electrons. The maximum atomic E-state index is 12.0. The zero-order chi connectivity index (χ0) is 19.6. The molecule has 0 aliphatic carbocycles. The number of rotatable bonds is 9. The third-order valence-electron chi connectivity index (χ3n) is 3.66. The van der Waals surface area contributed by atoms with Crippen LogP contribution in [0.1, 0.15) is 27.2 Å². The van der Waals surface area contributed by atoms with Gasteiger partial charge in [-0.15, -0.1) is 0 Å². The summed E-state index contributed by atoms with van der Waals surface area (Å²) in [5, 5.41) is 8.74. The number of nitrogens with one attached hydrogen (secondary N) is 3. The van der Waals surface area contributed by atoms with Crippen molar-refractivity contribution in [1.82, 2.24) is 0 Å². The van der Waals surface area contributed by atoms with Gasteiger partial charge >= 0.3 is 0 Å². The average Bonchev–Trinajstić information content (AvgIpc) is 2.62. The lowest BCUT2D eigenvalue weighted by Gasteiger charge is -2.10. The normalized spacial score (nSPS) is 10.4. The highest BCUT2D eigenvalue weighted by Gasteiger charge is 2.06. The molecule has 2 aromatic rings. The molecule has 0 bridgehead atoms. The van der Waals surface area contributed by atoms with Gasteiger partial charge in [0.25, 0.3) is 0 Å². The lowest BCUT2D eigenvalue weighted by Crippen LogP contribution is -2.21. The van der Waals surface area contributed by atoms with Crippen molar-refractivity contribution in [2.24, 2.45) is 5.92 Å². The first-order valence-corrected chi connectivity index (χ1v) is 9.12. The molecule has 0 aliphatic rings. The van der Waals surface area contributed by atoms with Gasteiger partial charge in [-0.3, -0.25) is 9.59 Å². The number of amides is 2. The quantitative estimate of drug-likeness (QED) is 0.621. The Hall–Kier alpha value is -3.02. The SMILES string of the molecule is CCOc1ccc(NC(=O)CNc2ccc(NC(=O)CC(C)C)cc2)cc1. The Balaban J connectivity index is 1.78. The van der Waals surface area contributed by atoms with Gasteiger partial charge in [-0.2, -0.15) is 0 Å².